The van der Waals surface area contributed by atoms with Crippen molar-refractivity contribution in [3.8, 4) is 0 Å². The smallest absolute Gasteiger partial charge is 0.187 e. The van der Waals surface area contributed by atoms with Crippen LogP contribution in [0.1, 0.15) is 6.92 Å². The van der Waals surface area contributed by atoms with Crippen LogP contribution in [0, 0.1) is 0 Å². The van der Waals surface area contributed by atoms with Crippen LogP contribution in [0.25, 0.3) is 0 Å². The summed E-state index contributed by atoms with van der Waals surface area (Å²) in [4.78, 5) is 0. The lowest BCUT2D eigenvalue weighted by Crippen LogP contribution is -2.62. The molecule has 0 radical (unpaired) electrons. The molecule has 6 nitrogen and oxygen atoms in total. The molecule has 5 atom stereocenters. The summed E-state index contributed by atoms with van der Waals surface area (Å²) in [5.74, 6) is 0. The number of hydrogen-bond acceptors (Lipinski definition) is 6. The monoisotopic (exact) mass is 368 g/mol. The van der Waals surface area contributed by atoms with Crippen molar-refractivity contribution in [2.75, 3.05) is 39.6 Å². The number of hydrogen-bond donors (Lipinski definition) is 0. The van der Waals surface area contributed by atoms with E-state index in [0.29, 0.717) is 39.6 Å². The van der Waals surface area contributed by atoms with Gasteiger partial charge in [-0.15, -0.1) is 26.3 Å². The van der Waals surface area contributed by atoms with Gasteiger partial charge in [-0.2, -0.15) is 0 Å². The Balaban J connectivity index is 3.04. The third-order valence-corrected chi connectivity index (χ3v) is 3.66. The van der Waals surface area contributed by atoms with Gasteiger partial charge in [0, 0.05) is 6.61 Å². The summed E-state index contributed by atoms with van der Waals surface area (Å²) in [6.07, 6.45) is 4.43. The van der Waals surface area contributed by atoms with Crippen molar-refractivity contribution in [1.29, 1.82) is 0 Å². The quantitative estimate of drug-likeness (QED) is 0.327. The molecule has 26 heavy (non-hydrogen) atoms. The van der Waals surface area contributed by atoms with Crippen LogP contribution in [0.4, 0.5) is 0 Å². The van der Waals surface area contributed by atoms with Crippen LogP contribution >= 0.6 is 0 Å². The third-order valence-electron chi connectivity index (χ3n) is 3.66. The van der Waals surface area contributed by atoms with E-state index in [-0.39, 0.29) is 0 Å². The fraction of sp³-hybridized carbons (Fsp3) is 0.600. The largest absolute Gasteiger partial charge is 0.375 e. The zero-order valence-electron chi connectivity index (χ0n) is 15.7. The Morgan fingerprint density at radius 3 is 1.88 bits per heavy atom. The first kappa shape index (κ1) is 22.8. The summed E-state index contributed by atoms with van der Waals surface area (Å²) in [6, 6.07) is 0. The molecule has 0 N–H and O–H groups in total. The van der Waals surface area contributed by atoms with Gasteiger partial charge in [0.15, 0.2) is 6.29 Å². The topological polar surface area (TPSA) is 55.4 Å². The van der Waals surface area contributed by atoms with Crippen molar-refractivity contribution in [3.05, 3.63) is 50.6 Å². The average Bonchev–Trinajstić information content (AvgIpc) is 2.65. The first-order valence-corrected chi connectivity index (χ1v) is 8.86. The van der Waals surface area contributed by atoms with E-state index in [1.807, 2.05) is 6.92 Å². The predicted molar refractivity (Wildman–Crippen MR) is 101 cm³/mol. The van der Waals surface area contributed by atoms with E-state index in [4.69, 9.17) is 28.4 Å². The summed E-state index contributed by atoms with van der Waals surface area (Å²) < 4.78 is 35.3. The van der Waals surface area contributed by atoms with Crippen LogP contribution in [0.5, 0.6) is 0 Å². The second-order valence-electron chi connectivity index (χ2n) is 5.58. The Morgan fingerprint density at radius 1 is 0.731 bits per heavy atom. The maximum absolute atomic E-state index is 6.10. The summed E-state index contributed by atoms with van der Waals surface area (Å²) >= 11 is 0. The van der Waals surface area contributed by atoms with Crippen molar-refractivity contribution in [3.63, 3.8) is 0 Å². The van der Waals surface area contributed by atoms with Crippen molar-refractivity contribution in [1.82, 2.24) is 0 Å². The lowest BCUT2D eigenvalue weighted by atomic mass is 9.98. The molecule has 1 aliphatic heterocycles. The van der Waals surface area contributed by atoms with Gasteiger partial charge in [-0.3, -0.25) is 0 Å². The van der Waals surface area contributed by atoms with Crippen molar-refractivity contribution in [2.45, 2.75) is 37.6 Å². The molecule has 0 bridgehead atoms. The molecule has 0 aliphatic carbocycles. The Morgan fingerprint density at radius 2 is 1.31 bits per heavy atom. The molecule has 0 aromatic carbocycles. The molecule has 0 saturated carbocycles. The van der Waals surface area contributed by atoms with Gasteiger partial charge in [0.1, 0.15) is 24.4 Å². The van der Waals surface area contributed by atoms with E-state index in [1.54, 1.807) is 24.3 Å². The van der Waals surface area contributed by atoms with Crippen LogP contribution in [-0.4, -0.2) is 70.3 Å². The molecule has 1 aliphatic rings. The van der Waals surface area contributed by atoms with Crippen LogP contribution in [-0.2, 0) is 28.4 Å². The van der Waals surface area contributed by atoms with Gasteiger partial charge >= 0.3 is 0 Å². The van der Waals surface area contributed by atoms with E-state index in [1.165, 1.54) is 0 Å². The van der Waals surface area contributed by atoms with Gasteiger partial charge < -0.3 is 28.4 Å². The second kappa shape index (κ2) is 13.9. The maximum Gasteiger partial charge on any atom is 0.187 e. The Kier molecular flexibility index (Phi) is 12.1. The average molecular weight is 368 g/mol. The molecule has 1 fully saturated rings. The standard InChI is InChI=1S/C20H32O6/c1-6-11-21-15-16-17(23-12-7-2)18(24-13-8-3)19(22-10-5)20(26-16)25-14-9-4/h6-9,16-20H,1-4,10-15H2,5H3/t16?,17-,18?,19?,20-/m1/s1. The van der Waals surface area contributed by atoms with E-state index in [0.717, 1.165) is 0 Å². The van der Waals surface area contributed by atoms with Crippen LogP contribution in [0.2, 0.25) is 0 Å². The zero-order valence-corrected chi connectivity index (χ0v) is 15.7. The fourth-order valence-corrected chi connectivity index (χ4v) is 2.70. The van der Waals surface area contributed by atoms with Crippen LogP contribution < -0.4 is 0 Å². The van der Waals surface area contributed by atoms with E-state index >= 15 is 0 Å². The second-order valence-corrected chi connectivity index (χ2v) is 5.58. The van der Waals surface area contributed by atoms with Crippen LogP contribution in [0.3, 0.4) is 0 Å². The van der Waals surface area contributed by atoms with Gasteiger partial charge in [-0.25, -0.2) is 0 Å². The molecular formula is C20H32O6. The predicted octanol–water partition coefficient (Wildman–Crippen LogP) is 2.66. The lowest BCUT2D eigenvalue weighted by Gasteiger charge is -2.45. The molecule has 0 spiro atoms. The van der Waals surface area contributed by atoms with Crippen molar-refractivity contribution >= 4 is 0 Å². The van der Waals surface area contributed by atoms with Gasteiger partial charge in [-0.1, -0.05) is 24.3 Å². The molecular weight excluding hydrogens is 336 g/mol. The Bertz CT molecular complexity index is 425. The summed E-state index contributed by atoms with van der Waals surface area (Å²) in [6.45, 7) is 18.9. The number of ether oxygens (including phenoxy) is 6. The first-order valence-electron chi connectivity index (χ1n) is 8.86. The molecule has 1 rings (SSSR count). The SMILES string of the molecule is C=CCOCC1O[C@@H](OCC=C)C(OCC)C(OCC=C)[C@@H]1OCC=C. The maximum atomic E-state index is 6.10. The summed E-state index contributed by atoms with van der Waals surface area (Å²) in [7, 11) is 0. The fourth-order valence-electron chi connectivity index (χ4n) is 2.70. The summed E-state index contributed by atoms with van der Waals surface area (Å²) in [5.41, 5.74) is 0. The Hall–Kier alpha value is -1.28. The highest BCUT2D eigenvalue weighted by molar-refractivity contribution is 4.94. The highest BCUT2D eigenvalue weighted by Gasteiger charge is 2.48. The zero-order chi connectivity index (χ0) is 19.2. The van der Waals surface area contributed by atoms with E-state index < -0.39 is 30.7 Å². The molecule has 0 aromatic rings. The molecule has 148 valence electrons. The van der Waals surface area contributed by atoms with E-state index in [9.17, 15) is 0 Å². The third kappa shape index (κ3) is 7.15. The van der Waals surface area contributed by atoms with Gasteiger partial charge in [-0.05, 0) is 6.92 Å². The van der Waals surface area contributed by atoms with Gasteiger partial charge in [0.05, 0.1) is 33.0 Å². The minimum Gasteiger partial charge on any atom is -0.375 e. The molecule has 0 aromatic heterocycles. The highest BCUT2D eigenvalue weighted by Crippen LogP contribution is 2.29. The minimum atomic E-state index is -0.622. The molecule has 0 amide bonds. The van der Waals surface area contributed by atoms with Gasteiger partial charge in [0.2, 0.25) is 0 Å². The molecule has 6 heteroatoms. The first-order chi connectivity index (χ1) is 12.7. The van der Waals surface area contributed by atoms with Crippen molar-refractivity contribution in [2.24, 2.45) is 0 Å². The molecule has 1 saturated heterocycles. The van der Waals surface area contributed by atoms with Gasteiger partial charge in [0.25, 0.3) is 0 Å². The summed E-state index contributed by atoms with van der Waals surface area (Å²) in [5, 5.41) is 0. The van der Waals surface area contributed by atoms with Crippen molar-refractivity contribution < 1.29 is 28.4 Å². The Labute approximate surface area is 157 Å². The minimum absolute atomic E-state index is 0.314. The molecule has 3 unspecified atom stereocenters. The molecule has 1 heterocycles. The van der Waals surface area contributed by atoms with E-state index in [2.05, 4.69) is 26.3 Å². The van der Waals surface area contributed by atoms with Crippen LogP contribution in [0.15, 0.2) is 50.6 Å². The highest BCUT2D eigenvalue weighted by atomic mass is 16.7. The lowest BCUT2D eigenvalue weighted by molar-refractivity contribution is -0.318. The number of rotatable bonds is 15. The normalized spacial score (nSPS) is 28.4.